The first kappa shape index (κ1) is 19.7. The van der Waals surface area contributed by atoms with E-state index < -0.39 is 23.4 Å². The second-order valence-electron chi connectivity index (χ2n) is 4.99. The number of anilines is 2. The standard InChI is InChI=1S/C16H13BrClN3O5/c17-13-7-12(21(24)25)4-5-14(13)20-15(22)9-26-16(23)8-19-11-3-1-2-10(18)6-11/h1-7,19H,8-9H2,(H,20,22). The molecule has 0 saturated carbocycles. The molecular formula is C16H13BrClN3O5. The summed E-state index contributed by atoms with van der Waals surface area (Å²) in [6.45, 7) is -0.617. The first-order chi connectivity index (χ1) is 12.3. The SMILES string of the molecule is O=C(COC(=O)CNc1cccc(Cl)c1)Nc1ccc([N+](=O)[O-])cc1Br. The number of nitro benzene ring substituents is 1. The van der Waals surface area contributed by atoms with Crippen molar-refractivity contribution < 1.29 is 19.2 Å². The van der Waals surface area contributed by atoms with E-state index in [-0.39, 0.29) is 12.2 Å². The third-order valence-electron chi connectivity index (χ3n) is 3.06. The Balaban J connectivity index is 1.79. The predicted octanol–water partition coefficient (Wildman–Crippen LogP) is 3.60. The smallest absolute Gasteiger partial charge is 0.325 e. The van der Waals surface area contributed by atoms with E-state index in [1.54, 1.807) is 24.3 Å². The number of halogens is 2. The normalized spacial score (nSPS) is 10.1. The van der Waals surface area contributed by atoms with Gasteiger partial charge in [0.15, 0.2) is 6.61 Å². The number of esters is 1. The predicted molar refractivity (Wildman–Crippen MR) is 100 cm³/mol. The van der Waals surface area contributed by atoms with E-state index in [1.165, 1.54) is 18.2 Å². The molecule has 0 aliphatic heterocycles. The number of hydrogen-bond donors (Lipinski definition) is 2. The average Bonchev–Trinajstić information content (AvgIpc) is 2.60. The number of non-ortho nitro benzene ring substituents is 1. The van der Waals surface area contributed by atoms with Gasteiger partial charge < -0.3 is 15.4 Å². The fourth-order valence-electron chi connectivity index (χ4n) is 1.87. The largest absolute Gasteiger partial charge is 0.454 e. The number of benzene rings is 2. The van der Waals surface area contributed by atoms with Gasteiger partial charge in [0, 0.05) is 27.3 Å². The van der Waals surface area contributed by atoms with Crippen LogP contribution in [-0.2, 0) is 14.3 Å². The van der Waals surface area contributed by atoms with Crippen molar-refractivity contribution in [2.45, 2.75) is 0 Å². The number of carbonyl (C=O) groups is 2. The second kappa shape index (κ2) is 9.16. The lowest BCUT2D eigenvalue weighted by molar-refractivity contribution is -0.384. The summed E-state index contributed by atoms with van der Waals surface area (Å²) in [5.74, 6) is -1.20. The van der Waals surface area contributed by atoms with Gasteiger partial charge >= 0.3 is 5.97 Å². The van der Waals surface area contributed by atoms with Crippen molar-refractivity contribution in [2.24, 2.45) is 0 Å². The molecule has 2 aromatic carbocycles. The highest BCUT2D eigenvalue weighted by Gasteiger charge is 2.12. The van der Waals surface area contributed by atoms with Gasteiger partial charge in [0.1, 0.15) is 6.54 Å². The first-order valence-electron chi connectivity index (χ1n) is 7.24. The van der Waals surface area contributed by atoms with Crippen molar-refractivity contribution >= 4 is 56.5 Å². The number of ether oxygens (including phenoxy) is 1. The summed E-state index contributed by atoms with van der Waals surface area (Å²) < 4.78 is 5.20. The molecule has 2 aromatic rings. The minimum absolute atomic E-state index is 0.117. The Hall–Kier alpha value is -2.65. The van der Waals surface area contributed by atoms with E-state index in [4.69, 9.17) is 16.3 Å². The minimum atomic E-state index is -0.622. The highest BCUT2D eigenvalue weighted by atomic mass is 79.9. The first-order valence-corrected chi connectivity index (χ1v) is 8.41. The summed E-state index contributed by atoms with van der Waals surface area (Å²) in [4.78, 5) is 33.6. The fraction of sp³-hybridized carbons (Fsp3) is 0.125. The highest BCUT2D eigenvalue weighted by Crippen LogP contribution is 2.27. The van der Waals surface area contributed by atoms with Crippen molar-refractivity contribution in [3.8, 4) is 0 Å². The molecule has 1 amide bonds. The molecule has 0 atom stereocenters. The summed E-state index contributed by atoms with van der Waals surface area (Å²) in [5, 5.41) is 16.5. The van der Waals surface area contributed by atoms with Crippen LogP contribution in [0.4, 0.5) is 17.1 Å². The van der Waals surface area contributed by atoms with E-state index in [1.807, 2.05) is 0 Å². The Morgan fingerprint density at radius 2 is 2.00 bits per heavy atom. The van der Waals surface area contributed by atoms with Crippen LogP contribution in [0.15, 0.2) is 46.9 Å². The molecule has 0 saturated heterocycles. The van der Waals surface area contributed by atoms with Crippen molar-refractivity contribution in [2.75, 3.05) is 23.8 Å². The van der Waals surface area contributed by atoms with Gasteiger partial charge in [-0.1, -0.05) is 17.7 Å². The molecule has 0 spiro atoms. The molecule has 0 bridgehead atoms. The van der Waals surface area contributed by atoms with Gasteiger partial charge in [-0.15, -0.1) is 0 Å². The topological polar surface area (TPSA) is 111 Å². The number of rotatable bonds is 7. The van der Waals surface area contributed by atoms with Crippen molar-refractivity contribution in [1.29, 1.82) is 0 Å². The van der Waals surface area contributed by atoms with Gasteiger partial charge in [-0.3, -0.25) is 19.7 Å². The zero-order chi connectivity index (χ0) is 19.1. The van der Waals surface area contributed by atoms with Gasteiger partial charge in [0.2, 0.25) is 0 Å². The molecular weight excluding hydrogens is 430 g/mol. The van der Waals surface area contributed by atoms with E-state index >= 15 is 0 Å². The molecule has 0 heterocycles. The molecule has 0 aromatic heterocycles. The lowest BCUT2D eigenvalue weighted by atomic mass is 10.3. The second-order valence-corrected chi connectivity index (χ2v) is 6.28. The average molecular weight is 443 g/mol. The van der Waals surface area contributed by atoms with Crippen LogP contribution in [-0.4, -0.2) is 30.0 Å². The molecule has 10 heteroatoms. The molecule has 26 heavy (non-hydrogen) atoms. The lowest BCUT2D eigenvalue weighted by Gasteiger charge is -2.09. The van der Waals surface area contributed by atoms with Gasteiger partial charge in [-0.2, -0.15) is 0 Å². The Morgan fingerprint density at radius 3 is 2.65 bits per heavy atom. The number of amides is 1. The van der Waals surface area contributed by atoms with Crippen LogP contribution in [0.1, 0.15) is 0 Å². The maximum absolute atomic E-state index is 11.8. The molecule has 0 radical (unpaired) electrons. The van der Waals surface area contributed by atoms with Crippen molar-refractivity contribution in [3.05, 3.63) is 62.1 Å². The molecule has 0 aliphatic rings. The van der Waals surface area contributed by atoms with Crippen LogP contribution in [0.2, 0.25) is 5.02 Å². The maximum atomic E-state index is 11.8. The van der Waals surface area contributed by atoms with Crippen LogP contribution in [0.25, 0.3) is 0 Å². The van der Waals surface area contributed by atoms with Crippen LogP contribution < -0.4 is 10.6 Å². The zero-order valence-electron chi connectivity index (χ0n) is 13.2. The Morgan fingerprint density at radius 1 is 1.23 bits per heavy atom. The van der Waals surface area contributed by atoms with Gasteiger partial charge in [0.05, 0.1) is 10.6 Å². The molecule has 2 rings (SSSR count). The van der Waals surface area contributed by atoms with E-state index in [0.717, 1.165) is 0 Å². The van der Waals surface area contributed by atoms with Gasteiger partial charge in [-0.05, 0) is 40.2 Å². The van der Waals surface area contributed by atoms with E-state index in [0.29, 0.717) is 20.9 Å². The summed E-state index contributed by atoms with van der Waals surface area (Å²) in [5.41, 5.74) is 0.857. The van der Waals surface area contributed by atoms with Gasteiger partial charge in [-0.25, -0.2) is 0 Å². The molecule has 8 nitrogen and oxygen atoms in total. The third-order valence-corrected chi connectivity index (χ3v) is 3.95. The number of carbonyl (C=O) groups excluding carboxylic acids is 2. The zero-order valence-corrected chi connectivity index (χ0v) is 15.5. The monoisotopic (exact) mass is 441 g/mol. The number of nitrogens with one attached hydrogen (secondary N) is 2. The van der Waals surface area contributed by atoms with Crippen LogP contribution in [0.5, 0.6) is 0 Å². The molecule has 0 fully saturated rings. The summed E-state index contributed by atoms with van der Waals surface area (Å²) >= 11 is 8.96. The maximum Gasteiger partial charge on any atom is 0.325 e. The number of nitrogens with zero attached hydrogens (tertiary/aromatic N) is 1. The summed E-state index contributed by atoms with van der Waals surface area (Å²) in [6.07, 6.45) is 0. The third kappa shape index (κ3) is 6.01. The van der Waals surface area contributed by atoms with Gasteiger partial charge in [0.25, 0.3) is 11.6 Å². The molecule has 0 aliphatic carbocycles. The van der Waals surface area contributed by atoms with E-state index in [9.17, 15) is 19.7 Å². The molecule has 136 valence electrons. The molecule has 0 unspecified atom stereocenters. The van der Waals surface area contributed by atoms with Crippen LogP contribution in [0, 0.1) is 10.1 Å². The highest BCUT2D eigenvalue weighted by molar-refractivity contribution is 9.10. The van der Waals surface area contributed by atoms with Crippen LogP contribution >= 0.6 is 27.5 Å². The molecule has 2 N–H and O–H groups in total. The Bertz CT molecular complexity index is 846. The number of hydrogen-bond acceptors (Lipinski definition) is 6. The minimum Gasteiger partial charge on any atom is -0.454 e. The summed E-state index contributed by atoms with van der Waals surface area (Å²) in [6, 6.07) is 10.7. The lowest BCUT2D eigenvalue weighted by Crippen LogP contribution is -2.24. The quantitative estimate of drug-likeness (QED) is 0.385. The van der Waals surface area contributed by atoms with E-state index in [2.05, 4.69) is 26.6 Å². The number of nitro groups is 1. The fourth-order valence-corrected chi connectivity index (χ4v) is 2.53. The van der Waals surface area contributed by atoms with Crippen LogP contribution in [0.3, 0.4) is 0 Å². The Labute approximate surface area is 161 Å². The van der Waals surface area contributed by atoms with Crippen molar-refractivity contribution in [3.63, 3.8) is 0 Å². The van der Waals surface area contributed by atoms with Crippen molar-refractivity contribution in [1.82, 2.24) is 0 Å². The summed E-state index contributed by atoms with van der Waals surface area (Å²) in [7, 11) is 0. The Kier molecular flexibility index (Phi) is 6.93.